The van der Waals surface area contributed by atoms with E-state index in [1.807, 2.05) is 62.4 Å². The zero-order valence-electron chi connectivity index (χ0n) is 16.6. The molecule has 2 N–H and O–H groups in total. The highest BCUT2D eigenvalue weighted by molar-refractivity contribution is 6.31. The van der Waals surface area contributed by atoms with Crippen molar-refractivity contribution in [3.63, 3.8) is 0 Å². The second-order valence-electron chi connectivity index (χ2n) is 7.11. The molecule has 30 heavy (non-hydrogen) atoms. The van der Waals surface area contributed by atoms with Crippen LogP contribution in [0.1, 0.15) is 27.2 Å². The minimum absolute atomic E-state index is 0.133. The van der Waals surface area contributed by atoms with Crippen LogP contribution < -0.4 is 10.5 Å². The molecule has 6 heteroatoms. The summed E-state index contributed by atoms with van der Waals surface area (Å²) >= 11 is 6.37. The van der Waals surface area contributed by atoms with Gasteiger partial charge in [0.15, 0.2) is 0 Å². The normalized spacial score (nSPS) is 10.9. The molecule has 0 aliphatic heterocycles. The van der Waals surface area contributed by atoms with Gasteiger partial charge in [-0.3, -0.25) is 9.78 Å². The van der Waals surface area contributed by atoms with Crippen molar-refractivity contribution in [1.82, 2.24) is 9.97 Å². The van der Waals surface area contributed by atoms with Crippen LogP contribution in [0.2, 0.25) is 5.02 Å². The highest BCUT2D eigenvalue weighted by atomic mass is 35.5. The van der Waals surface area contributed by atoms with Gasteiger partial charge in [-0.25, -0.2) is 4.98 Å². The number of amides is 1. The molecular formula is C24H20ClN3O2. The van der Waals surface area contributed by atoms with Crippen molar-refractivity contribution >= 4 is 28.4 Å². The fraction of sp³-hybridized carbons (Fsp3) is 0.125. The molecule has 0 aliphatic carbocycles. The van der Waals surface area contributed by atoms with E-state index >= 15 is 0 Å². The van der Waals surface area contributed by atoms with Gasteiger partial charge in [-0.2, -0.15) is 0 Å². The van der Waals surface area contributed by atoms with Crippen LogP contribution >= 0.6 is 11.6 Å². The monoisotopic (exact) mass is 417 g/mol. The topological polar surface area (TPSA) is 78.1 Å². The summed E-state index contributed by atoms with van der Waals surface area (Å²) in [5.74, 6) is -0.133. The Bertz CT molecular complexity index is 1260. The lowest BCUT2D eigenvalue weighted by Gasteiger charge is -2.15. The summed E-state index contributed by atoms with van der Waals surface area (Å²) in [5.41, 5.74) is 10.9. The Kier molecular flexibility index (Phi) is 5.38. The summed E-state index contributed by atoms with van der Waals surface area (Å²) in [4.78, 5) is 20.9. The predicted octanol–water partition coefficient (Wildman–Crippen LogP) is 5.24. The number of primary amides is 1. The van der Waals surface area contributed by atoms with Crippen LogP contribution in [0.25, 0.3) is 22.2 Å². The maximum atomic E-state index is 12.0. The molecule has 0 atom stereocenters. The number of ether oxygens (including phenoxy) is 1. The molecule has 0 bridgehead atoms. The van der Waals surface area contributed by atoms with Crippen molar-refractivity contribution in [2.45, 2.75) is 20.5 Å². The van der Waals surface area contributed by atoms with Crippen LogP contribution in [0.4, 0.5) is 0 Å². The van der Waals surface area contributed by atoms with E-state index in [-0.39, 0.29) is 5.69 Å². The smallest absolute Gasteiger partial charge is 0.268 e. The maximum absolute atomic E-state index is 12.0. The summed E-state index contributed by atoms with van der Waals surface area (Å²) in [6, 6.07) is 17.3. The molecule has 4 aromatic rings. The van der Waals surface area contributed by atoms with Crippen molar-refractivity contribution in [3.8, 4) is 17.0 Å². The molecule has 0 aliphatic rings. The summed E-state index contributed by atoms with van der Waals surface area (Å²) < 4.78 is 6.13. The van der Waals surface area contributed by atoms with Gasteiger partial charge >= 0.3 is 0 Å². The van der Waals surface area contributed by atoms with E-state index in [0.717, 1.165) is 22.3 Å². The molecule has 0 radical (unpaired) electrons. The fourth-order valence-electron chi connectivity index (χ4n) is 3.42. The number of nitrogens with two attached hydrogens (primary N) is 1. The summed E-state index contributed by atoms with van der Waals surface area (Å²) in [6.45, 7) is 4.31. The lowest BCUT2D eigenvalue weighted by molar-refractivity contribution is 0.0997. The van der Waals surface area contributed by atoms with Crippen LogP contribution in [-0.4, -0.2) is 15.9 Å². The number of aryl methyl sites for hydroxylation is 2. The zero-order chi connectivity index (χ0) is 21.3. The second kappa shape index (κ2) is 8.13. The largest absolute Gasteiger partial charge is 0.488 e. The van der Waals surface area contributed by atoms with Crippen molar-refractivity contribution < 1.29 is 9.53 Å². The Balaban J connectivity index is 1.90. The Morgan fingerprint density at radius 2 is 1.83 bits per heavy atom. The number of nitrogens with zero attached hydrogens (tertiary/aromatic N) is 2. The lowest BCUT2D eigenvalue weighted by atomic mass is 10.0. The SMILES string of the molecule is Cc1cc(C)c(-c2cc(OCc3ccccc3)c3c(C(N)=O)nccc3n2)cc1Cl. The number of hydrogen-bond donors (Lipinski definition) is 1. The second-order valence-corrected chi connectivity index (χ2v) is 7.52. The van der Waals surface area contributed by atoms with E-state index in [2.05, 4.69) is 4.98 Å². The van der Waals surface area contributed by atoms with E-state index in [1.54, 1.807) is 6.07 Å². The third-order valence-electron chi connectivity index (χ3n) is 4.94. The summed E-state index contributed by atoms with van der Waals surface area (Å²) in [5, 5.41) is 1.16. The van der Waals surface area contributed by atoms with Gasteiger partial charge in [-0.05, 0) is 42.7 Å². The van der Waals surface area contributed by atoms with Crippen molar-refractivity contribution in [2.75, 3.05) is 0 Å². The minimum Gasteiger partial charge on any atom is -0.488 e. The van der Waals surface area contributed by atoms with Crippen LogP contribution in [0.3, 0.4) is 0 Å². The molecule has 1 amide bonds. The number of benzene rings is 2. The van der Waals surface area contributed by atoms with Gasteiger partial charge in [0, 0.05) is 22.8 Å². The molecule has 0 spiro atoms. The number of fused-ring (bicyclic) bond motifs is 1. The molecule has 150 valence electrons. The van der Waals surface area contributed by atoms with Crippen LogP contribution in [0.15, 0.2) is 60.8 Å². The Morgan fingerprint density at radius 1 is 1.07 bits per heavy atom. The molecule has 0 saturated heterocycles. The molecule has 0 fully saturated rings. The van der Waals surface area contributed by atoms with Gasteiger partial charge in [0.25, 0.3) is 5.91 Å². The van der Waals surface area contributed by atoms with Gasteiger partial charge in [0.2, 0.25) is 0 Å². The van der Waals surface area contributed by atoms with Crippen LogP contribution in [0, 0.1) is 13.8 Å². The van der Waals surface area contributed by atoms with Crippen LogP contribution in [-0.2, 0) is 6.61 Å². The quantitative estimate of drug-likeness (QED) is 0.481. The van der Waals surface area contributed by atoms with Gasteiger partial charge in [-0.1, -0.05) is 48.0 Å². The number of rotatable bonds is 5. The molecule has 5 nitrogen and oxygen atoms in total. The minimum atomic E-state index is -0.630. The first-order chi connectivity index (χ1) is 14.4. The lowest BCUT2D eigenvalue weighted by Crippen LogP contribution is -2.14. The number of carbonyl (C=O) groups is 1. The van der Waals surface area contributed by atoms with Gasteiger partial charge in [-0.15, -0.1) is 0 Å². The number of aromatic nitrogens is 2. The first-order valence-corrected chi connectivity index (χ1v) is 9.85. The number of pyridine rings is 2. The molecule has 2 aromatic heterocycles. The number of hydrogen-bond acceptors (Lipinski definition) is 4. The maximum Gasteiger partial charge on any atom is 0.268 e. The number of halogens is 1. The van der Waals surface area contributed by atoms with Crippen molar-refractivity contribution in [1.29, 1.82) is 0 Å². The summed E-state index contributed by atoms with van der Waals surface area (Å²) in [7, 11) is 0. The Labute approximate surface area is 179 Å². The van der Waals surface area contributed by atoms with Crippen molar-refractivity contribution in [2.24, 2.45) is 5.73 Å². The number of carbonyl (C=O) groups excluding carboxylic acids is 1. The molecule has 2 heterocycles. The third-order valence-corrected chi connectivity index (χ3v) is 5.34. The first-order valence-electron chi connectivity index (χ1n) is 9.47. The standard InChI is InChI=1S/C24H20ClN3O2/c1-14-10-15(2)18(25)11-17(14)20-12-21(30-13-16-6-4-3-5-7-16)22-19(28-20)8-9-27-23(22)24(26)29/h3-12H,13H2,1-2H3,(H2,26,29). The predicted molar refractivity (Wildman–Crippen MR) is 119 cm³/mol. The summed E-state index contributed by atoms with van der Waals surface area (Å²) in [6.07, 6.45) is 1.52. The fourth-order valence-corrected chi connectivity index (χ4v) is 3.59. The van der Waals surface area contributed by atoms with E-state index in [1.165, 1.54) is 6.20 Å². The highest BCUT2D eigenvalue weighted by Gasteiger charge is 2.18. The van der Waals surface area contributed by atoms with E-state index in [0.29, 0.717) is 34.0 Å². The third kappa shape index (κ3) is 3.84. The molecule has 4 rings (SSSR count). The van der Waals surface area contributed by atoms with E-state index in [4.69, 9.17) is 27.1 Å². The zero-order valence-corrected chi connectivity index (χ0v) is 17.4. The van der Waals surface area contributed by atoms with Gasteiger partial charge in [0.05, 0.1) is 16.6 Å². The average molecular weight is 418 g/mol. The molecule has 0 unspecified atom stereocenters. The molecule has 2 aromatic carbocycles. The Morgan fingerprint density at radius 3 is 2.57 bits per heavy atom. The average Bonchev–Trinajstić information content (AvgIpc) is 2.74. The Hall–Kier alpha value is -3.44. The van der Waals surface area contributed by atoms with E-state index < -0.39 is 5.91 Å². The first kappa shape index (κ1) is 19.9. The highest BCUT2D eigenvalue weighted by Crippen LogP contribution is 2.35. The molecule has 0 saturated carbocycles. The van der Waals surface area contributed by atoms with Crippen molar-refractivity contribution in [3.05, 3.63) is 88.2 Å². The van der Waals surface area contributed by atoms with Gasteiger partial charge in [0.1, 0.15) is 18.1 Å². The van der Waals surface area contributed by atoms with Crippen LogP contribution in [0.5, 0.6) is 5.75 Å². The van der Waals surface area contributed by atoms with Gasteiger partial charge < -0.3 is 10.5 Å². The van der Waals surface area contributed by atoms with E-state index in [9.17, 15) is 4.79 Å². The molecular weight excluding hydrogens is 398 g/mol.